The normalized spacial score (nSPS) is 21.8. The van der Waals surface area contributed by atoms with Crippen LogP contribution in [0.15, 0.2) is 0 Å². The quantitative estimate of drug-likeness (QED) is 0.625. The predicted octanol–water partition coefficient (Wildman–Crippen LogP) is 1.67. The van der Waals surface area contributed by atoms with Crippen LogP contribution < -0.4 is 0 Å². The first kappa shape index (κ1) is 12.4. The lowest BCUT2D eigenvalue weighted by Gasteiger charge is -2.34. The highest BCUT2D eigenvalue weighted by molar-refractivity contribution is 5.73. The van der Waals surface area contributed by atoms with Gasteiger partial charge in [0.15, 0.2) is 0 Å². The first-order valence-corrected chi connectivity index (χ1v) is 5.10. The lowest BCUT2D eigenvalue weighted by molar-refractivity contribution is -0.137. The molecule has 3 heteroatoms. The molecule has 0 aromatic heterocycles. The highest BCUT2D eigenvalue weighted by Gasteiger charge is 2.22. The van der Waals surface area contributed by atoms with Gasteiger partial charge in [0.2, 0.25) is 5.91 Å². The van der Waals surface area contributed by atoms with Crippen molar-refractivity contribution in [3.8, 4) is 0 Å². The van der Waals surface area contributed by atoms with Crippen molar-refractivity contribution in [3.05, 3.63) is 0 Å². The van der Waals surface area contributed by atoms with E-state index in [2.05, 4.69) is 6.92 Å². The van der Waals surface area contributed by atoms with Crippen molar-refractivity contribution in [3.63, 3.8) is 0 Å². The van der Waals surface area contributed by atoms with Crippen molar-refractivity contribution in [1.82, 2.24) is 4.90 Å². The third-order valence-electron chi connectivity index (χ3n) is 2.10. The van der Waals surface area contributed by atoms with Crippen LogP contribution in [0.2, 0.25) is 0 Å². The van der Waals surface area contributed by atoms with E-state index in [-0.39, 0.29) is 5.91 Å². The highest BCUT2D eigenvalue weighted by Crippen LogP contribution is 2.09. The molecule has 0 spiro atoms. The Hall–Kier alpha value is -0.570. The van der Waals surface area contributed by atoms with Crippen molar-refractivity contribution in [1.29, 1.82) is 0 Å². The first-order chi connectivity index (χ1) is 6.25. The summed E-state index contributed by atoms with van der Waals surface area (Å²) in [5.41, 5.74) is 0. The molecule has 0 aromatic carbocycles. The zero-order chi connectivity index (χ0) is 10.3. The standard InChI is InChI=1S/C8H15NO2.C2H6/c1-3-8-6-11-5-4-9(8)7(2)10;1-2/h8H,3-6H2,1-2H3;1-2H3/t8-;/m0./s1. The molecular formula is C10H21NO2. The lowest BCUT2D eigenvalue weighted by atomic mass is 10.2. The van der Waals surface area contributed by atoms with E-state index in [0.29, 0.717) is 19.3 Å². The number of rotatable bonds is 1. The molecule has 1 aliphatic heterocycles. The maximum atomic E-state index is 11.0. The number of ether oxygens (including phenoxy) is 1. The van der Waals surface area contributed by atoms with Gasteiger partial charge in [-0.2, -0.15) is 0 Å². The molecule has 0 aromatic rings. The molecule has 1 fully saturated rings. The molecule has 1 aliphatic rings. The Balaban J connectivity index is 0.000000671. The van der Waals surface area contributed by atoms with Crippen molar-refractivity contribution in [2.45, 2.75) is 40.2 Å². The lowest BCUT2D eigenvalue weighted by Crippen LogP contribution is -2.47. The molecule has 1 saturated heterocycles. The van der Waals surface area contributed by atoms with E-state index in [4.69, 9.17) is 4.74 Å². The van der Waals surface area contributed by atoms with Crippen LogP contribution in [0.25, 0.3) is 0 Å². The SMILES string of the molecule is CC.CC[C@H]1COCCN1C(C)=O. The first-order valence-electron chi connectivity index (χ1n) is 5.10. The Bertz CT molecular complexity index is 148. The summed E-state index contributed by atoms with van der Waals surface area (Å²) in [6, 6.07) is 0.307. The monoisotopic (exact) mass is 187 g/mol. The van der Waals surface area contributed by atoms with Gasteiger partial charge in [-0.3, -0.25) is 4.79 Å². The van der Waals surface area contributed by atoms with Gasteiger partial charge in [-0.15, -0.1) is 0 Å². The van der Waals surface area contributed by atoms with Crippen LogP contribution in [0.4, 0.5) is 0 Å². The number of carbonyl (C=O) groups excluding carboxylic acids is 1. The summed E-state index contributed by atoms with van der Waals surface area (Å²) in [6.07, 6.45) is 0.986. The van der Waals surface area contributed by atoms with Gasteiger partial charge in [0.25, 0.3) is 0 Å². The van der Waals surface area contributed by atoms with E-state index in [1.165, 1.54) is 0 Å². The van der Waals surface area contributed by atoms with E-state index in [1.54, 1.807) is 6.92 Å². The molecule has 1 atom stereocenters. The number of carbonyl (C=O) groups is 1. The highest BCUT2D eigenvalue weighted by atomic mass is 16.5. The molecule has 78 valence electrons. The molecule has 0 radical (unpaired) electrons. The Labute approximate surface area is 81.1 Å². The van der Waals surface area contributed by atoms with Crippen LogP contribution in [0.1, 0.15) is 34.1 Å². The van der Waals surface area contributed by atoms with Gasteiger partial charge in [0.05, 0.1) is 19.3 Å². The van der Waals surface area contributed by atoms with E-state index < -0.39 is 0 Å². The summed E-state index contributed by atoms with van der Waals surface area (Å²) in [6.45, 7) is 9.85. The van der Waals surface area contributed by atoms with Crippen LogP contribution >= 0.6 is 0 Å². The van der Waals surface area contributed by atoms with Crippen LogP contribution in [-0.2, 0) is 9.53 Å². The van der Waals surface area contributed by atoms with Crippen LogP contribution in [0.5, 0.6) is 0 Å². The van der Waals surface area contributed by atoms with E-state index in [1.807, 2.05) is 18.7 Å². The molecule has 1 rings (SSSR count). The van der Waals surface area contributed by atoms with Crippen LogP contribution in [0, 0.1) is 0 Å². The fourth-order valence-corrected chi connectivity index (χ4v) is 1.41. The molecule has 0 aliphatic carbocycles. The summed E-state index contributed by atoms with van der Waals surface area (Å²) in [5, 5.41) is 0. The van der Waals surface area contributed by atoms with Gasteiger partial charge in [0, 0.05) is 13.5 Å². The fraction of sp³-hybridized carbons (Fsp3) is 0.900. The molecule has 0 saturated carbocycles. The molecule has 13 heavy (non-hydrogen) atoms. The smallest absolute Gasteiger partial charge is 0.219 e. The minimum absolute atomic E-state index is 0.167. The van der Waals surface area contributed by atoms with Crippen LogP contribution in [-0.4, -0.2) is 36.6 Å². The number of hydrogen-bond acceptors (Lipinski definition) is 2. The third-order valence-corrected chi connectivity index (χ3v) is 2.10. The van der Waals surface area contributed by atoms with Crippen molar-refractivity contribution in [2.75, 3.05) is 19.8 Å². The second-order valence-electron chi connectivity index (χ2n) is 2.85. The summed E-state index contributed by atoms with van der Waals surface area (Å²) >= 11 is 0. The van der Waals surface area contributed by atoms with Gasteiger partial charge in [-0.25, -0.2) is 0 Å². The van der Waals surface area contributed by atoms with Crippen molar-refractivity contribution < 1.29 is 9.53 Å². The predicted molar refractivity (Wildman–Crippen MR) is 53.6 cm³/mol. The van der Waals surface area contributed by atoms with Gasteiger partial charge < -0.3 is 9.64 Å². The van der Waals surface area contributed by atoms with Gasteiger partial charge in [-0.05, 0) is 6.42 Å². The topological polar surface area (TPSA) is 29.5 Å². The zero-order valence-corrected chi connectivity index (χ0v) is 9.17. The Morgan fingerprint density at radius 1 is 1.54 bits per heavy atom. The molecule has 0 bridgehead atoms. The second kappa shape index (κ2) is 6.89. The molecular weight excluding hydrogens is 166 g/mol. The summed E-state index contributed by atoms with van der Waals surface area (Å²) in [5.74, 6) is 0.167. The van der Waals surface area contributed by atoms with Gasteiger partial charge in [-0.1, -0.05) is 20.8 Å². The van der Waals surface area contributed by atoms with Crippen molar-refractivity contribution >= 4 is 5.91 Å². The summed E-state index contributed by atoms with van der Waals surface area (Å²) in [7, 11) is 0. The second-order valence-corrected chi connectivity index (χ2v) is 2.85. The van der Waals surface area contributed by atoms with E-state index >= 15 is 0 Å². The van der Waals surface area contributed by atoms with Crippen LogP contribution in [0.3, 0.4) is 0 Å². The number of amides is 1. The Morgan fingerprint density at radius 2 is 2.15 bits per heavy atom. The summed E-state index contributed by atoms with van der Waals surface area (Å²) < 4.78 is 5.26. The molecule has 3 nitrogen and oxygen atoms in total. The number of nitrogens with zero attached hydrogens (tertiary/aromatic N) is 1. The van der Waals surface area contributed by atoms with Gasteiger partial charge in [0.1, 0.15) is 0 Å². The molecule has 1 amide bonds. The van der Waals surface area contributed by atoms with Gasteiger partial charge >= 0.3 is 0 Å². The maximum Gasteiger partial charge on any atom is 0.219 e. The average Bonchev–Trinajstić information content (AvgIpc) is 2.20. The number of morpholine rings is 1. The molecule has 0 N–H and O–H groups in total. The van der Waals surface area contributed by atoms with Crippen molar-refractivity contribution in [2.24, 2.45) is 0 Å². The zero-order valence-electron chi connectivity index (χ0n) is 9.17. The Kier molecular flexibility index (Phi) is 6.59. The molecule has 1 heterocycles. The molecule has 0 unspecified atom stereocenters. The summed E-state index contributed by atoms with van der Waals surface area (Å²) in [4.78, 5) is 12.9. The average molecular weight is 187 g/mol. The largest absolute Gasteiger partial charge is 0.377 e. The third kappa shape index (κ3) is 3.77. The Morgan fingerprint density at radius 3 is 2.54 bits per heavy atom. The minimum Gasteiger partial charge on any atom is -0.377 e. The maximum absolute atomic E-state index is 11.0. The minimum atomic E-state index is 0.167. The van der Waals surface area contributed by atoms with E-state index in [0.717, 1.165) is 13.0 Å². The fourth-order valence-electron chi connectivity index (χ4n) is 1.41. The van der Waals surface area contributed by atoms with E-state index in [9.17, 15) is 4.79 Å². The number of hydrogen-bond donors (Lipinski definition) is 0.